The van der Waals surface area contributed by atoms with Gasteiger partial charge in [0.1, 0.15) is 0 Å². The highest BCUT2D eigenvalue weighted by molar-refractivity contribution is 5.31. The summed E-state index contributed by atoms with van der Waals surface area (Å²) < 4.78 is 5.19. The monoisotopic (exact) mass is 248 g/mol. The molecular formula is C15H24N2O. The summed E-state index contributed by atoms with van der Waals surface area (Å²) in [6.07, 6.45) is 7.15. The first kappa shape index (κ1) is 13.3. The Morgan fingerprint density at radius 3 is 2.94 bits per heavy atom. The summed E-state index contributed by atoms with van der Waals surface area (Å²) in [4.78, 5) is 6.99. The van der Waals surface area contributed by atoms with Gasteiger partial charge in [-0.1, -0.05) is 13.3 Å². The van der Waals surface area contributed by atoms with E-state index in [4.69, 9.17) is 4.74 Å². The lowest BCUT2D eigenvalue weighted by atomic mass is 9.93. The standard InChI is InChI=1S/C15H24N2O/c1-4-8-17-9-6-5-7-14(17)13-11-16-15(18-3)10-12(13)2/h10-11,14H,4-9H2,1-3H3/t14-/m0/s1. The average Bonchev–Trinajstić information content (AvgIpc) is 2.40. The van der Waals surface area contributed by atoms with Crippen LogP contribution in [-0.4, -0.2) is 30.1 Å². The highest BCUT2D eigenvalue weighted by atomic mass is 16.5. The Hall–Kier alpha value is -1.09. The highest BCUT2D eigenvalue weighted by Gasteiger charge is 2.24. The van der Waals surface area contributed by atoms with E-state index in [0.717, 1.165) is 0 Å². The molecule has 0 N–H and O–H groups in total. The minimum absolute atomic E-state index is 0.553. The first-order valence-electron chi connectivity index (χ1n) is 7.00. The van der Waals surface area contributed by atoms with Crippen LogP contribution in [0.25, 0.3) is 0 Å². The first-order chi connectivity index (χ1) is 8.76. The number of hydrogen-bond acceptors (Lipinski definition) is 3. The number of aromatic nitrogens is 1. The molecule has 1 aromatic rings. The van der Waals surface area contributed by atoms with Crippen molar-refractivity contribution in [3.8, 4) is 5.88 Å². The van der Waals surface area contributed by atoms with Crippen LogP contribution in [0.15, 0.2) is 12.3 Å². The highest BCUT2D eigenvalue weighted by Crippen LogP contribution is 2.33. The largest absolute Gasteiger partial charge is 0.481 e. The Morgan fingerprint density at radius 1 is 1.44 bits per heavy atom. The van der Waals surface area contributed by atoms with Crippen molar-refractivity contribution in [1.82, 2.24) is 9.88 Å². The van der Waals surface area contributed by atoms with Gasteiger partial charge < -0.3 is 4.74 Å². The molecule has 0 aromatic carbocycles. The molecule has 1 aliphatic heterocycles. The minimum atomic E-state index is 0.553. The Morgan fingerprint density at radius 2 is 2.28 bits per heavy atom. The fourth-order valence-electron chi connectivity index (χ4n) is 2.90. The van der Waals surface area contributed by atoms with E-state index in [2.05, 4.69) is 23.7 Å². The SMILES string of the molecule is CCCN1CCCC[C@H]1c1cnc(OC)cc1C. The topological polar surface area (TPSA) is 25.4 Å². The van der Waals surface area contributed by atoms with E-state index in [-0.39, 0.29) is 0 Å². The average molecular weight is 248 g/mol. The maximum Gasteiger partial charge on any atom is 0.213 e. The minimum Gasteiger partial charge on any atom is -0.481 e. The number of methoxy groups -OCH3 is 1. The van der Waals surface area contributed by atoms with Crippen LogP contribution in [0.2, 0.25) is 0 Å². The normalized spacial score (nSPS) is 20.9. The molecule has 3 nitrogen and oxygen atoms in total. The number of hydrogen-bond donors (Lipinski definition) is 0. The Bertz CT molecular complexity index is 390. The van der Waals surface area contributed by atoms with Crippen molar-refractivity contribution in [2.45, 2.75) is 45.6 Å². The third kappa shape index (κ3) is 2.83. The predicted octanol–water partition coefficient (Wildman–Crippen LogP) is 3.34. The van der Waals surface area contributed by atoms with Gasteiger partial charge in [-0.05, 0) is 50.4 Å². The summed E-state index contributed by atoms with van der Waals surface area (Å²) in [7, 11) is 1.67. The maximum atomic E-state index is 5.19. The molecule has 0 radical (unpaired) electrons. The van der Waals surface area contributed by atoms with Crippen molar-refractivity contribution in [3.63, 3.8) is 0 Å². The number of ether oxygens (including phenoxy) is 1. The Balaban J connectivity index is 2.22. The molecule has 0 aliphatic carbocycles. The molecule has 1 aromatic heterocycles. The van der Waals surface area contributed by atoms with Crippen LogP contribution in [0.3, 0.4) is 0 Å². The zero-order chi connectivity index (χ0) is 13.0. The molecule has 1 saturated heterocycles. The Kier molecular flexibility index (Phi) is 4.59. The van der Waals surface area contributed by atoms with Crippen LogP contribution < -0.4 is 4.74 Å². The van der Waals surface area contributed by atoms with Gasteiger partial charge in [-0.25, -0.2) is 4.98 Å². The zero-order valence-corrected chi connectivity index (χ0v) is 11.8. The third-order valence-electron chi connectivity index (χ3n) is 3.82. The molecule has 1 fully saturated rings. The van der Waals surface area contributed by atoms with Crippen LogP contribution in [0.5, 0.6) is 5.88 Å². The fraction of sp³-hybridized carbons (Fsp3) is 0.667. The lowest BCUT2D eigenvalue weighted by molar-refractivity contribution is 0.148. The van der Waals surface area contributed by atoms with Gasteiger partial charge in [0.15, 0.2) is 0 Å². The molecule has 0 saturated carbocycles. The van der Waals surface area contributed by atoms with Gasteiger partial charge in [-0.15, -0.1) is 0 Å². The second-order valence-corrected chi connectivity index (χ2v) is 5.13. The van der Waals surface area contributed by atoms with E-state index in [1.807, 2.05) is 12.3 Å². The molecule has 0 spiro atoms. The smallest absolute Gasteiger partial charge is 0.213 e. The molecule has 3 heteroatoms. The van der Waals surface area contributed by atoms with E-state index >= 15 is 0 Å². The number of aryl methyl sites for hydroxylation is 1. The Labute approximate surface area is 110 Å². The number of nitrogens with zero attached hydrogens (tertiary/aromatic N) is 2. The molecular weight excluding hydrogens is 224 g/mol. The second kappa shape index (κ2) is 6.19. The molecule has 0 bridgehead atoms. The van der Waals surface area contributed by atoms with Gasteiger partial charge >= 0.3 is 0 Å². The van der Waals surface area contributed by atoms with E-state index in [9.17, 15) is 0 Å². The number of likely N-dealkylation sites (tertiary alicyclic amines) is 1. The number of piperidine rings is 1. The van der Waals surface area contributed by atoms with Gasteiger partial charge in [0.25, 0.3) is 0 Å². The molecule has 18 heavy (non-hydrogen) atoms. The van der Waals surface area contributed by atoms with Crippen LogP contribution in [-0.2, 0) is 0 Å². The van der Waals surface area contributed by atoms with Crippen LogP contribution >= 0.6 is 0 Å². The van der Waals surface area contributed by atoms with Crippen LogP contribution in [0.1, 0.15) is 49.8 Å². The number of rotatable bonds is 4. The van der Waals surface area contributed by atoms with Gasteiger partial charge in [0.2, 0.25) is 5.88 Å². The second-order valence-electron chi connectivity index (χ2n) is 5.13. The van der Waals surface area contributed by atoms with E-state index in [1.165, 1.54) is 49.9 Å². The van der Waals surface area contributed by atoms with Crippen LogP contribution in [0.4, 0.5) is 0 Å². The van der Waals surface area contributed by atoms with Crippen molar-refractivity contribution in [2.75, 3.05) is 20.2 Å². The van der Waals surface area contributed by atoms with E-state index < -0.39 is 0 Å². The van der Waals surface area contributed by atoms with Crippen molar-refractivity contribution >= 4 is 0 Å². The zero-order valence-electron chi connectivity index (χ0n) is 11.8. The number of pyridine rings is 1. The van der Waals surface area contributed by atoms with Crippen molar-refractivity contribution < 1.29 is 4.74 Å². The quantitative estimate of drug-likeness (QED) is 0.817. The molecule has 1 atom stereocenters. The van der Waals surface area contributed by atoms with E-state index in [1.54, 1.807) is 7.11 Å². The lowest BCUT2D eigenvalue weighted by Gasteiger charge is -2.36. The summed E-state index contributed by atoms with van der Waals surface area (Å²) >= 11 is 0. The van der Waals surface area contributed by atoms with Crippen molar-refractivity contribution in [1.29, 1.82) is 0 Å². The molecule has 2 heterocycles. The van der Waals surface area contributed by atoms with Crippen molar-refractivity contribution in [2.24, 2.45) is 0 Å². The third-order valence-corrected chi connectivity index (χ3v) is 3.82. The van der Waals surface area contributed by atoms with Crippen LogP contribution in [0, 0.1) is 6.92 Å². The van der Waals surface area contributed by atoms with Gasteiger partial charge in [0.05, 0.1) is 7.11 Å². The predicted molar refractivity (Wildman–Crippen MR) is 74.0 cm³/mol. The summed E-state index contributed by atoms with van der Waals surface area (Å²) in [5, 5.41) is 0. The van der Waals surface area contributed by atoms with Gasteiger partial charge in [-0.2, -0.15) is 0 Å². The summed E-state index contributed by atoms with van der Waals surface area (Å²) in [6, 6.07) is 2.60. The molecule has 2 rings (SSSR count). The summed E-state index contributed by atoms with van der Waals surface area (Å²) in [6.45, 7) is 6.84. The molecule has 0 unspecified atom stereocenters. The van der Waals surface area contributed by atoms with E-state index in [0.29, 0.717) is 11.9 Å². The summed E-state index contributed by atoms with van der Waals surface area (Å²) in [5.74, 6) is 0.717. The molecule has 100 valence electrons. The lowest BCUT2D eigenvalue weighted by Crippen LogP contribution is -2.34. The first-order valence-corrected chi connectivity index (χ1v) is 7.00. The molecule has 0 amide bonds. The van der Waals surface area contributed by atoms with Crippen molar-refractivity contribution in [3.05, 3.63) is 23.4 Å². The summed E-state index contributed by atoms with van der Waals surface area (Å²) in [5.41, 5.74) is 2.68. The fourth-order valence-corrected chi connectivity index (χ4v) is 2.90. The maximum absolute atomic E-state index is 5.19. The molecule has 1 aliphatic rings. The van der Waals surface area contributed by atoms with Gasteiger partial charge in [-0.3, -0.25) is 4.90 Å². The van der Waals surface area contributed by atoms with Gasteiger partial charge in [0, 0.05) is 18.3 Å².